The zero-order chi connectivity index (χ0) is 15.5. The van der Waals surface area contributed by atoms with Crippen molar-refractivity contribution in [2.45, 2.75) is 11.3 Å². The van der Waals surface area contributed by atoms with Crippen LogP contribution in [-0.4, -0.2) is 19.3 Å². The molecule has 1 amide bonds. The Morgan fingerprint density at radius 2 is 2.00 bits per heavy atom. The lowest BCUT2D eigenvalue weighted by molar-refractivity contribution is -0.117. The largest absolute Gasteiger partial charge is 0.369 e. The molecule has 0 unspecified atom stereocenters. The number of nitrogens with one attached hydrogen (secondary N) is 1. The zero-order valence-electron chi connectivity index (χ0n) is 10.8. The van der Waals surface area contributed by atoms with Crippen molar-refractivity contribution in [3.63, 3.8) is 0 Å². The normalized spacial score (nSPS) is 11.1. The highest BCUT2D eigenvalue weighted by molar-refractivity contribution is 7.92. The second kappa shape index (κ2) is 6.11. The Labute approximate surface area is 127 Å². The van der Waals surface area contributed by atoms with Gasteiger partial charge < -0.3 is 5.73 Å². The Balaban J connectivity index is 2.35. The van der Waals surface area contributed by atoms with Crippen LogP contribution in [0.5, 0.6) is 0 Å². The first-order valence-corrected chi connectivity index (χ1v) is 7.75. The summed E-state index contributed by atoms with van der Waals surface area (Å²) in [5.41, 5.74) is 5.94. The molecule has 0 atom stereocenters. The van der Waals surface area contributed by atoms with E-state index in [-0.39, 0.29) is 16.5 Å². The third kappa shape index (κ3) is 3.93. The van der Waals surface area contributed by atoms with Gasteiger partial charge in [0.2, 0.25) is 5.91 Å². The monoisotopic (exact) mass is 325 g/mol. The minimum atomic E-state index is -3.82. The number of amides is 1. The van der Waals surface area contributed by atoms with Crippen molar-refractivity contribution in [2.24, 2.45) is 5.73 Å². The first kappa shape index (κ1) is 15.3. The van der Waals surface area contributed by atoms with Crippen LogP contribution in [0.15, 0.2) is 47.5 Å². The Morgan fingerprint density at radius 1 is 1.29 bits per heavy atom. The van der Waals surface area contributed by atoms with Crippen LogP contribution in [0.1, 0.15) is 5.56 Å². The van der Waals surface area contributed by atoms with Gasteiger partial charge in [0, 0.05) is 6.20 Å². The number of benzene rings is 1. The van der Waals surface area contributed by atoms with Crippen molar-refractivity contribution >= 4 is 33.2 Å². The van der Waals surface area contributed by atoms with Gasteiger partial charge in [-0.25, -0.2) is 13.4 Å². The smallest absolute Gasteiger partial charge is 0.262 e. The van der Waals surface area contributed by atoms with Crippen LogP contribution >= 0.6 is 11.6 Å². The number of hydrogen-bond donors (Lipinski definition) is 2. The minimum absolute atomic E-state index is 0.0172. The second-order valence-electron chi connectivity index (χ2n) is 4.22. The van der Waals surface area contributed by atoms with Crippen LogP contribution in [0.3, 0.4) is 0 Å². The first-order valence-electron chi connectivity index (χ1n) is 5.89. The molecule has 0 radical (unpaired) electrons. The van der Waals surface area contributed by atoms with E-state index in [9.17, 15) is 13.2 Å². The maximum absolute atomic E-state index is 12.3. The van der Waals surface area contributed by atoms with E-state index in [0.717, 1.165) is 0 Å². The number of para-hydroxylation sites is 1. The molecule has 0 saturated heterocycles. The lowest BCUT2D eigenvalue weighted by Crippen LogP contribution is -2.18. The molecule has 6 nitrogen and oxygen atoms in total. The van der Waals surface area contributed by atoms with Crippen molar-refractivity contribution < 1.29 is 13.2 Å². The van der Waals surface area contributed by atoms with E-state index in [2.05, 4.69) is 9.71 Å². The summed E-state index contributed by atoms with van der Waals surface area (Å²) < 4.78 is 27.0. The number of carbonyl (C=O) groups excluding carboxylic acids is 1. The fourth-order valence-electron chi connectivity index (χ4n) is 1.72. The topological polar surface area (TPSA) is 102 Å². The molecule has 1 aromatic carbocycles. The summed E-state index contributed by atoms with van der Waals surface area (Å²) in [6, 6.07) is 9.09. The van der Waals surface area contributed by atoms with Gasteiger partial charge in [-0.1, -0.05) is 29.8 Å². The number of nitrogens with two attached hydrogens (primary N) is 1. The van der Waals surface area contributed by atoms with Crippen molar-refractivity contribution in [1.29, 1.82) is 0 Å². The number of carbonyl (C=O) groups is 1. The number of pyridine rings is 1. The third-order valence-electron chi connectivity index (χ3n) is 2.63. The molecule has 110 valence electrons. The molecule has 0 aliphatic rings. The highest BCUT2D eigenvalue weighted by atomic mass is 35.5. The van der Waals surface area contributed by atoms with Crippen LogP contribution in [0, 0.1) is 0 Å². The molecule has 0 saturated carbocycles. The molecule has 0 aliphatic heterocycles. The fourth-order valence-corrected chi connectivity index (χ4v) is 3.07. The van der Waals surface area contributed by atoms with Gasteiger partial charge >= 0.3 is 0 Å². The molecule has 0 aliphatic carbocycles. The Kier molecular flexibility index (Phi) is 4.44. The standard InChI is InChI=1S/C13H12ClN3O3S/c14-12-8-10(5-6-16-12)21(19,20)17-11-4-2-1-3-9(11)7-13(15)18/h1-6,8,17H,7H2,(H2,15,18). The number of sulfonamides is 1. The van der Waals surface area contributed by atoms with Gasteiger partial charge in [0.15, 0.2) is 0 Å². The van der Waals surface area contributed by atoms with Crippen LogP contribution < -0.4 is 10.5 Å². The minimum Gasteiger partial charge on any atom is -0.369 e. The molecule has 8 heteroatoms. The van der Waals surface area contributed by atoms with E-state index in [4.69, 9.17) is 17.3 Å². The summed E-state index contributed by atoms with van der Waals surface area (Å²) in [7, 11) is -3.82. The predicted molar refractivity (Wildman–Crippen MR) is 79.4 cm³/mol. The second-order valence-corrected chi connectivity index (χ2v) is 6.29. The van der Waals surface area contributed by atoms with E-state index in [1.807, 2.05) is 0 Å². The van der Waals surface area contributed by atoms with E-state index >= 15 is 0 Å². The van der Waals surface area contributed by atoms with Gasteiger partial charge in [-0.15, -0.1) is 0 Å². The number of anilines is 1. The molecule has 0 spiro atoms. The molecule has 1 heterocycles. The van der Waals surface area contributed by atoms with Crippen LogP contribution in [0.2, 0.25) is 5.15 Å². The van der Waals surface area contributed by atoms with Crippen molar-refractivity contribution in [3.05, 3.63) is 53.3 Å². The molecular formula is C13H12ClN3O3S. The number of halogens is 1. The molecule has 21 heavy (non-hydrogen) atoms. The Morgan fingerprint density at radius 3 is 2.67 bits per heavy atom. The van der Waals surface area contributed by atoms with E-state index in [1.54, 1.807) is 24.3 Å². The van der Waals surface area contributed by atoms with Crippen LogP contribution in [0.4, 0.5) is 5.69 Å². The van der Waals surface area contributed by atoms with Crippen molar-refractivity contribution in [2.75, 3.05) is 4.72 Å². The highest BCUT2D eigenvalue weighted by Crippen LogP contribution is 2.21. The zero-order valence-corrected chi connectivity index (χ0v) is 12.4. The summed E-state index contributed by atoms with van der Waals surface area (Å²) >= 11 is 5.69. The molecule has 3 N–H and O–H groups in total. The quantitative estimate of drug-likeness (QED) is 0.814. The molecular weight excluding hydrogens is 314 g/mol. The third-order valence-corrected chi connectivity index (χ3v) is 4.20. The first-order chi connectivity index (χ1) is 9.88. The van der Waals surface area contributed by atoms with Crippen molar-refractivity contribution in [1.82, 2.24) is 4.98 Å². The van der Waals surface area contributed by atoms with E-state index in [1.165, 1.54) is 18.3 Å². The Hall–Kier alpha value is -2.12. The number of rotatable bonds is 5. The van der Waals surface area contributed by atoms with Gasteiger partial charge in [0.25, 0.3) is 10.0 Å². The van der Waals surface area contributed by atoms with Gasteiger partial charge in [-0.05, 0) is 23.8 Å². The van der Waals surface area contributed by atoms with E-state index < -0.39 is 15.9 Å². The maximum Gasteiger partial charge on any atom is 0.262 e. The number of aromatic nitrogens is 1. The number of hydrogen-bond acceptors (Lipinski definition) is 4. The summed E-state index contributed by atoms with van der Waals surface area (Å²) in [5.74, 6) is -0.548. The average molecular weight is 326 g/mol. The predicted octanol–water partition coefficient (Wildman–Crippen LogP) is 1.56. The number of primary amides is 1. The fraction of sp³-hybridized carbons (Fsp3) is 0.0769. The molecule has 0 fully saturated rings. The molecule has 0 bridgehead atoms. The number of nitrogens with zero attached hydrogens (tertiary/aromatic N) is 1. The average Bonchev–Trinajstić information content (AvgIpc) is 2.40. The summed E-state index contributed by atoms with van der Waals surface area (Å²) in [6.45, 7) is 0. The lowest BCUT2D eigenvalue weighted by Gasteiger charge is -2.11. The molecule has 2 aromatic rings. The summed E-state index contributed by atoms with van der Waals surface area (Å²) in [5, 5.41) is 0.0725. The Bertz CT molecular complexity index is 778. The van der Waals surface area contributed by atoms with E-state index in [0.29, 0.717) is 11.3 Å². The summed E-state index contributed by atoms with van der Waals surface area (Å²) in [4.78, 5) is 14.7. The van der Waals surface area contributed by atoms with Crippen LogP contribution in [0.25, 0.3) is 0 Å². The molecule has 1 aromatic heterocycles. The van der Waals surface area contributed by atoms with Gasteiger partial charge in [0.1, 0.15) is 5.15 Å². The van der Waals surface area contributed by atoms with Gasteiger partial charge in [-0.2, -0.15) is 0 Å². The maximum atomic E-state index is 12.3. The SMILES string of the molecule is NC(=O)Cc1ccccc1NS(=O)(=O)c1ccnc(Cl)c1. The highest BCUT2D eigenvalue weighted by Gasteiger charge is 2.17. The van der Waals surface area contributed by atoms with Crippen molar-refractivity contribution in [3.8, 4) is 0 Å². The van der Waals surface area contributed by atoms with Gasteiger partial charge in [0.05, 0.1) is 17.0 Å². The molecule has 2 rings (SSSR count). The van der Waals surface area contributed by atoms with Crippen LogP contribution in [-0.2, 0) is 21.2 Å². The summed E-state index contributed by atoms with van der Waals surface area (Å²) in [6.07, 6.45) is 1.24. The lowest BCUT2D eigenvalue weighted by atomic mass is 10.1. The van der Waals surface area contributed by atoms with Gasteiger partial charge in [-0.3, -0.25) is 9.52 Å².